The molecule has 28 heavy (non-hydrogen) atoms. The van der Waals surface area contributed by atoms with Gasteiger partial charge in [-0.25, -0.2) is 0 Å². The van der Waals surface area contributed by atoms with Crippen LogP contribution in [0.25, 0.3) is 5.76 Å². The van der Waals surface area contributed by atoms with Crippen molar-refractivity contribution in [3.05, 3.63) is 76.3 Å². The maximum Gasteiger partial charge on any atom is 0.295 e. The zero-order valence-corrected chi connectivity index (χ0v) is 16.7. The number of hydrogen-bond donors (Lipinski definition) is 1. The predicted octanol–water partition coefficient (Wildman–Crippen LogP) is 3.71. The minimum Gasteiger partial charge on any atom is -0.507 e. The number of ketones is 1. The SMILES string of the molecule is CN(C)CCCN1C(=O)C(=O)/C(=C(/O)c2ccc(Cl)cc2)[C@H]1c1ccccc1. The number of amides is 1. The van der Waals surface area contributed by atoms with Crippen LogP contribution in [0.15, 0.2) is 60.2 Å². The van der Waals surface area contributed by atoms with Crippen molar-refractivity contribution in [2.45, 2.75) is 12.5 Å². The summed E-state index contributed by atoms with van der Waals surface area (Å²) in [7, 11) is 3.92. The van der Waals surface area contributed by atoms with Crippen LogP contribution in [-0.2, 0) is 9.59 Å². The molecule has 0 spiro atoms. The Balaban J connectivity index is 2.06. The van der Waals surface area contributed by atoms with Gasteiger partial charge in [-0.3, -0.25) is 9.59 Å². The van der Waals surface area contributed by atoms with Gasteiger partial charge in [0.25, 0.3) is 11.7 Å². The molecule has 0 aliphatic carbocycles. The van der Waals surface area contributed by atoms with Crippen LogP contribution in [0.3, 0.4) is 0 Å². The Labute approximate surface area is 169 Å². The van der Waals surface area contributed by atoms with Crippen LogP contribution < -0.4 is 0 Å². The highest BCUT2D eigenvalue weighted by Crippen LogP contribution is 2.39. The van der Waals surface area contributed by atoms with Crippen molar-refractivity contribution < 1.29 is 14.7 Å². The first-order chi connectivity index (χ1) is 13.4. The lowest BCUT2D eigenvalue weighted by Gasteiger charge is -2.26. The highest BCUT2D eigenvalue weighted by molar-refractivity contribution is 6.46. The lowest BCUT2D eigenvalue weighted by atomic mass is 9.95. The maximum atomic E-state index is 12.8. The minimum atomic E-state index is -0.661. The number of rotatable bonds is 6. The lowest BCUT2D eigenvalue weighted by molar-refractivity contribution is -0.139. The Hall–Kier alpha value is -2.63. The first-order valence-corrected chi connectivity index (χ1v) is 9.52. The van der Waals surface area contributed by atoms with Crippen LogP contribution in [0.5, 0.6) is 0 Å². The number of halogens is 1. The van der Waals surface area contributed by atoms with E-state index in [-0.39, 0.29) is 11.3 Å². The molecule has 1 amide bonds. The number of aliphatic hydroxyl groups excluding tert-OH is 1. The van der Waals surface area contributed by atoms with E-state index in [0.717, 1.165) is 18.5 Å². The van der Waals surface area contributed by atoms with E-state index in [1.54, 1.807) is 29.2 Å². The summed E-state index contributed by atoms with van der Waals surface area (Å²) in [5, 5.41) is 11.4. The van der Waals surface area contributed by atoms with Gasteiger partial charge in [0.05, 0.1) is 11.6 Å². The molecular formula is C22H23ClN2O3. The fourth-order valence-corrected chi connectivity index (χ4v) is 3.54. The standard InChI is InChI=1S/C22H23ClN2O3/c1-24(2)13-6-14-25-19(15-7-4-3-5-8-15)18(21(27)22(25)28)20(26)16-9-11-17(23)12-10-16/h3-5,7-12,19,26H,6,13-14H2,1-2H3/b20-18+/t19-/m1/s1. The third-order valence-electron chi connectivity index (χ3n) is 4.78. The predicted molar refractivity (Wildman–Crippen MR) is 110 cm³/mol. The topological polar surface area (TPSA) is 60.9 Å². The summed E-state index contributed by atoms with van der Waals surface area (Å²) in [6.45, 7) is 1.22. The van der Waals surface area contributed by atoms with E-state index in [9.17, 15) is 14.7 Å². The van der Waals surface area contributed by atoms with Gasteiger partial charge in [0.1, 0.15) is 5.76 Å². The molecule has 1 atom stereocenters. The molecule has 1 fully saturated rings. The number of carbonyl (C=O) groups is 2. The van der Waals surface area contributed by atoms with Gasteiger partial charge in [-0.05, 0) is 56.9 Å². The Morgan fingerprint density at radius 2 is 1.71 bits per heavy atom. The lowest BCUT2D eigenvalue weighted by Crippen LogP contribution is -2.32. The molecule has 3 rings (SSSR count). The van der Waals surface area contributed by atoms with E-state index in [1.165, 1.54) is 0 Å². The number of aliphatic hydroxyl groups is 1. The van der Waals surface area contributed by atoms with E-state index in [1.807, 2.05) is 49.3 Å². The second-order valence-electron chi connectivity index (χ2n) is 7.07. The van der Waals surface area contributed by atoms with Gasteiger partial charge in [0.15, 0.2) is 0 Å². The van der Waals surface area contributed by atoms with Crippen molar-refractivity contribution in [3.63, 3.8) is 0 Å². The molecule has 0 unspecified atom stereocenters. The molecule has 1 heterocycles. The van der Waals surface area contributed by atoms with Crippen molar-refractivity contribution in [1.82, 2.24) is 9.80 Å². The largest absolute Gasteiger partial charge is 0.507 e. The molecule has 0 aromatic heterocycles. The molecule has 6 heteroatoms. The van der Waals surface area contributed by atoms with Gasteiger partial charge in [-0.15, -0.1) is 0 Å². The Morgan fingerprint density at radius 1 is 1.07 bits per heavy atom. The second-order valence-corrected chi connectivity index (χ2v) is 7.50. The first kappa shape index (κ1) is 20.1. The Morgan fingerprint density at radius 3 is 2.32 bits per heavy atom. The molecule has 5 nitrogen and oxygen atoms in total. The van der Waals surface area contributed by atoms with Crippen LogP contribution in [-0.4, -0.2) is 53.8 Å². The average Bonchev–Trinajstić information content (AvgIpc) is 2.93. The van der Waals surface area contributed by atoms with Gasteiger partial charge in [0, 0.05) is 17.1 Å². The first-order valence-electron chi connectivity index (χ1n) is 9.14. The molecule has 1 saturated heterocycles. The van der Waals surface area contributed by atoms with Gasteiger partial charge in [-0.1, -0.05) is 41.9 Å². The summed E-state index contributed by atoms with van der Waals surface area (Å²) in [5.41, 5.74) is 1.36. The van der Waals surface area contributed by atoms with Crippen molar-refractivity contribution in [1.29, 1.82) is 0 Å². The van der Waals surface area contributed by atoms with E-state index >= 15 is 0 Å². The summed E-state index contributed by atoms with van der Waals surface area (Å²) < 4.78 is 0. The summed E-state index contributed by atoms with van der Waals surface area (Å²) in [6.07, 6.45) is 0.727. The fourth-order valence-electron chi connectivity index (χ4n) is 3.41. The molecule has 146 valence electrons. The van der Waals surface area contributed by atoms with Gasteiger partial charge in [0.2, 0.25) is 0 Å². The van der Waals surface area contributed by atoms with Crippen LogP contribution in [0.2, 0.25) is 5.02 Å². The second kappa shape index (κ2) is 8.59. The number of hydrogen-bond acceptors (Lipinski definition) is 4. The number of likely N-dealkylation sites (tertiary alicyclic amines) is 1. The summed E-state index contributed by atoms with van der Waals surface area (Å²) in [6, 6.07) is 15.3. The molecule has 1 aliphatic heterocycles. The third-order valence-corrected chi connectivity index (χ3v) is 5.03. The molecule has 0 bridgehead atoms. The highest BCUT2D eigenvalue weighted by Gasteiger charge is 2.45. The minimum absolute atomic E-state index is 0.114. The van der Waals surface area contributed by atoms with E-state index in [4.69, 9.17) is 11.6 Å². The van der Waals surface area contributed by atoms with Crippen molar-refractivity contribution in [2.24, 2.45) is 0 Å². The van der Waals surface area contributed by atoms with Crippen LogP contribution in [0.1, 0.15) is 23.6 Å². The summed E-state index contributed by atoms with van der Waals surface area (Å²) in [5.74, 6) is -1.42. The molecule has 1 aliphatic rings. The zero-order valence-electron chi connectivity index (χ0n) is 15.9. The number of nitrogens with zero attached hydrogens (tertiary/aromatic N) is 2. The van der Waals surface area contributed by atoms with E-state index in [2.05, 4.69) is 0 Å². The van der Waals surface area contributed by atoms with E-state index < -0.39 is 17.7 Å². The van der Waals surface area contributed by atoms with Crippen LogP contribution >= 0.6 is 11.6 Å². The fraction of sp³-hybridized carbons (Fsp3) is 0.273. The van der Waals surface area contributed by atoms with Gasteiger partial charge in [-0.2, -0.15) is 0 Å². The number of benzene rings is 2. The number of Topliss-reactive ketones (excluding diaryl/α,β-unsaturated/α-hetero) is 1. The van der Waals surface area contributed by atoms with Gasteiger partial charge >= 0.3 is 0 Å². The van der Waals surface area contributed by atoms with Crippen LogP contribution in [0, 0.1) is 0 Å². The Kier molecular flexibility index (Phi) is 6.17. The van der Waals surface area contributed by atoms with E-state index in [0.29, 0.717) is 17.1 Å². The summed E-state index contributed by atoms with van der Waals surface area (Å²) in [4.78, 5) is 29.2. The van der Waals surface area contributed by atoms with Gasteiger partial charge < -0.3 is 14.9 Å². The number of carbonyl (C=O) groups excluding carboxylic acids is 2. The van der Waals surface area contributed by atoms with Crippen molar-refractivity contribution >= 4 is 29.1 Å². The Bertz CT molecular complexity index is 892. The molecule has 0 saturated carbocycles. The van der Waals surface area contributed by atoms with Crippen LogP contribution in [0.4, 0.5) is 0 Å². The molecular weight excluding hydrogens is 376 g/mol. The molecule has 0 radical (unpaired) electrons. The third kappa shape index (κ3) is 4.11. The van der Waals surface area contributed by atoms with Crippen molar-refractivity contribution in [3.8, 4) is 0 Å². The molecule has 2 aromatic rings. The summed E-state index contributed by atoms with van der Waals surface area (Å²) >= 11 is 5.93. The molecule has 1 N–H and O–H groups in total. The maximum absolute atomic E-state index is 12.8. The normalized spacial score (nSPS) is 18.9. The van der Waals surface area contributed by atoms with Crippen molar-refractivity contribution in [2.75, 3.05) is 27.2 Å². The quantitative estimate of drug-likeness (QED) is 0.457. The molecule has 2 aromatic carbocycles. The monoisotopic (exact) mass is 398 g/mol. The highest BCUT2D eigenvalue weighted by atomic mass is 35.5. The average molecular weight is 399 g/mol. The smallest absolute Gasteiger partial charge is 0.295 e. The zero-order chi connectivity index (χ0) is 20.3.